The van der Waals surface area contributed by atoms with Gasteiger partial charge in [0.15, 0.2) is 6.10 Å². The zero-order valence-corrected chi connectivity index (χ0v) is 57.7. The summed E-state index contributed by atoms with van der Waals surface area (Å²) in [4.78, 5) is 24.7. The summed E-state index contributed by atoms with van der Waals surface area (Å²) >= 11 is 0. The van der Waals surface area contributed by atoms with Gasteiger partial charge in [0, 0.05) is 12.8 Å². The van der Waals surface area contributed by atoms with E-state index in [0.29, 0.717) is 12.8 Å². The zero-order chi connectivity index (χ0) is 60.5. The number of allylic oxidation sites excluding steroid dienone is 2. The van der Waals surface area contributed by atoms with Crippen molar-refractivity contribution in [3.8, 4) is 0 Å². The standard InChI is InChI=1S/C79H154O5/c1-3-5-7-9-11-13-15-17-19-21-23-25-27-29-31-33-35-36-37-38-39-40-41-42-44-46-48-50-52-54-56-58-60-62-64-66-68-70-72-74-79(82)84-77(75-80)76-83-78(81)73-71-69-67-65-63-61-59-57-55-53-51-49-47-45-43-34-32-30-28-26-24-22-20-18-16-14-12-10-8-6-4-2/h21,23,77,80H,3-20,22,24-76H2,1-2H3/b23-21-. The predicted octanol–water partition coefficient (Wildman–Crippen LogP) is 27.3. The molecule has 0 aromatic carbocycles. The molecular formula is C79H154O5. The Kier molecular flexibility index (Phi) is 74.7. The van der Waals surface area contributed by atoms with Crippen LogP contribution < -0.4 is 0 Å². The van der Waals surface area contributed by atoms with Crippen LogP contribution in [0, 0.1) is 0 Å². The number of aliphatic hydroxyl groups excluding tert-OH is 1. The molecule has 84 heavy (non-hydrogen) atoms. The number of carbonyl (C=O) groups excluding carboxylic acids is 2. The van der Waals surface area contributed by atoms with Crippen LogP contribution in [0.5, 0.6) is 0 Å². The van der Waals surface area contributed by atoms with Crippen LogP contribution in [0.1, 0.15) is 463 Å². The molecule has 0 amide bonds. The van der Waals surface area contributed by atoms with Crippen LogP contribution in [-0.2, 0) is 19.1 Å². The predicted molar refractivity (Wildman–Crippen MR) is 372 cm³/mol. The molecule has 0 aliphatic heterocycles. The van der Waals surface area contributed by atoms with E-state index in [-0.39, 0.29) is 25.2 Å². The number of hydrogen-bond donors (Lipinski definition) is 1. The lowest BCUT2D eigenvalue weighted by molar-refractivity contribution is -0.161. The van der Waals surface area contributed by atoms with Crippen LogP contribution >= 0.6 is 0 Å². The van der Waals surface area contributed by atoms with Gasteiger partial charge in [-0.05, 0) is 38.5 Å². The van der Waals surface area contributed by atoms with E-state index < -0.39 is 6.10 Å². The van der Waals surface area contributed by atoms with Crippen LogP contribution in [0.25, 0.3) is 0 Å². The van der Waals surface area contributed by atoms with Crippen molar-refractivity contribution < 1.29 is 24.2 Å². The molecule has 0 rings (SSSR count). The van der Waals surface area contributed by atoms with Crippen LogP contribution in [0.3, 0.4) is 0 Å². The van der Waals surface area contributed by atoms with Gasteiger partial charge >= 0.3 is 11.9 Å². The molecule has 5 nitrogen and oxygen atoms in total. The van der Waals surface area contributed by atoms with Gasteiger partial charge in [-0.15, -0.1) is 0 Å². The van der Waals surface area contributed by atoms with E-state index in [1.165, 1.54) is 405 Å². The largest absolute Gasteiger partial charge is 0.462 e. The SMILES string of the molecule is CCCCCCCCCC/C=C\CCCCCCCCCCCCCCCCCCCCCCCCCCCCCC(=O)OC(CO)COC(=O)CCCCCCCCCCCCCCCCCCCCCCCCCCCCCCCCC. The summed E-state index contributed by atoms with van der Waals surface area (Å²) in [6, 6.07) is 0. The van der Waals surface area contributed by atoms with Crippen LogP contribution in [0.2, 0.25) is 0 Å². The molecular weight excluding hydrogens is 1030 g/mol. The summed E-state index contributed by atoms with van der Waals surface area (Å²) in [6.07, 6.45) is 98.8. The second-order valence-corrected chi connectivity index (χ2v) is 27.2. The zero-order valence-electron chi connectivity index (χ0n) is 57.7. The summed E-state index contributed by atoms with van der Waals surface area (Å²) in [5, 5.41) is 9.72. The van der Waals surface area contributed by atoms with E-state index in [0.717, 1.165) is 32.1 Å². The maximum atomic E-state index is 12.4. The highest BCUT2D eigenvalue weighted by Crippen LogP contribution is 2.20. The van der Waals surface area contributed by atoms with Gasteiger partial charge in [0.25, 0.3) is 0 Å². The maximum absolute atomic E-state index is 12.4. The number of unbranched alkanes of at least 4 members (excludes halogenated alkanes) is 65. The molecule has 0 spiro atoms. The molecule has 1 N–H and O–H groups in total. The summed E-state index contributed by atoms with van der Waals surface area (Å²) < 4.78 is 10.8. The second-order valence-electron chi connectivity index (χ2n) is 27.2. The second kappa shape index (κ2) is 75.9. The van der Waals surface area contributed by atoms with E-state index in [2.05, 4.69) is 26.0 Å². The third-order valence-electron chi connectivity index (χ3n) is 18.6. The van der Waals surface area contributed by atoms with Crippen molar-refractivity contribution in [3.05, 3.63) is 12.2 Å². The van der Waals surface area contributed by atoms with Gasteiger partial charge in [0.05, 0.1) is 6.61 Å². The Morgan fingerprint density at radius 1 is 0.262 bits per heavy atom. The molecule has 1 atom stereocenters. The molecule has 0 aromatic rings. The first-order chi connectivity index (χ1) is 41.6. The van der Waals surface area contributed by atoms with Crippen LogP contribution in [0.4, 0.5) is 0 Å². The molecule has 0 fully saturated rings. The molecule has 0 bridgehead atoms. The van der Waals surface area contributed by atoms with E-state index in [1.807, 2.05) is 0 Å². The van der Waals surface area contributed by atoms with Crippen LogP contribution in [0.15, 0.2) is 12.2 Å². The lowest BCUT2D eigenvalue weighted by Gasteiger charge is -2.15. The van der Waals surface area contributed by atoms with Crippen LogP contribution in [-0.4, -0.2) is 36.4 Å². The maximum Gasteiger partial charge on any atom is 0.306 e. The Morgan fingerprint density at radius 2 is 0.440 bits per heavy atom. The molecule has 0 radical (unpaired) electrons. The van der Waals surface area contributed by atoms with Gasteiger partial charge in [-0.3, -0.25) is 9.59 Å². The summed E-state index contributed by atoms with van der Waals surface area (Å²) in [6.45, 7) is 4.23. The molecule has 0 heterocycles. The fraction of sp³-hybridized carbons (Fsp3) is 0.949. The van der Waals surface area contributed by atoms with Crippen molar-refractivity contribution in [1.29, 1.82) is 0 Å². The third-order valence-corrected chi connectivity index (χ3v) is 18.6. The Morgan fingerprint density at radius 3 is 0.643 bits per heavy atom. The van der Waals surface area contributed by atoms with Gasteiger partial charge in [-0.2, -0.15) is 0 Å². The average Bonchev–Trinajstić information content (AvgIpc) is 3.51. The van der Waals surface area contributed by atoms with Crippen molar-refractivity contribution in [3.63, 3.8) is 0 Å². The normalized spacial score (nSPS) is 12.1. The number of rotatable bonds is 75. The number of aliphatic hydroxyl groups is 1. The lowest BCUT2D eigenvalue weighted by Crippen LogP contribution is -2.28. The van der Waals surface area contributed by atoms with Crippen molar-refractivity contribution in [1.82, 2.24) is 0 Å². The first-order valence-corrected chi connectivity index (χ1v) is 39.2. The van der Waals surface area contributed by atoms with Gasteiger partial charge in [0.1, 0.15) is 6.61 Å². The molecule has 0 saturated carbocycles. The quantitative estimate of drug-likeness (QED) is 0.0373. The molecule has 5 heteroatoms. The van der Waals surface area contributed by atoms with Crippen molar-refractivity contribution in [2.75, 3.05) is 13.2 Å². The monoisotopic (exact) mass is 1180 g/mol. The van der Waals surface area contributed by atoms with Gasteiger partial charge in [-0.25, -0.2) is 0 Å². The smallest absolute Gasteiger partial charge is 0.306 e. The summed E-state index contributed by atoms with van der Waals surface area (Å²) in [5.41, 5.74) is 0. The van der Waals surface area contributed by atoms with Gasteiger partial charge in [-0.1, -0.05) is 424 Å². The van der Waals surface area contributed by atoms with E-state index in [9.17, 15) is 14.7 Å². The fourth-order valence-electron chi connectivity index (χ4n) is 12.7. The highest BCUT2D eigenvalue weighted by Gasteiger charge is 2.16. The Labute approximate surface area is 528 Å². The van der Waals surface area contributed by atoms with E-state index >= 15 is 0 Å². The number of carbonyl (C=O) groups is 2. The molecule has 1 unspecified atom stereocenters. The summed E-state index contributed by atoms with van der Waals surface area (Å²) in [5.74, 6) is -0.558. The Hall–Kier alpha value is -1.36. The highest BCUT2D eigenvalue weighted by atomic mass is 16.6. The van der Waals surface area contributed by atoms with Gasteiger partial charge in [0.2, 0.25) is 0 Å². The molecule has 0 aliphatic rings. The topological polar surface area (TPSA) is 72.8 Å². The minimum absolute atomic E-state index is 0.0560. The minimum Gasteiger partial charge on any atom is -0.462 e. The highest BCUT2D eigenvalue weighted by molar-refractivity contribution is 5.70. The first-order valence-electron chi connectivity index (χ1n) is 39.2. The fourth-order valence-corrected chi connectivity index (χ4v) is 12.7. The molecule has 500 valence electrons. The Bertz CT molecular complexity index is 1250. The molecule has 0 aromatic heterocycles. The lowest BCUT2D eigenvalue weighted by atomic mass is 10.0. The number of esters is 2. The molecule has 0 saturated heterocycles. The number of ether oxygens (including phenoxy) is 2. The molecule has 0 aliphatic carbocycles. The summed E-state index contributed by atoms with van der Waals surface area (Å²) in [7, 11) is 0. The Balaban J connectivity index is 3.34. The van der Waals surface area contributed by atoms with Crippen molar-refractivity contribution in [2.45, 2.75) is 469 Å². The van der Waals surface area contributed by atoms with Crippen molar-refractivity contribution >= 4 is 11.9 Å². The van der Waals surface area contributed by atoms with Gasteiger partial charge < -0.3 is 14.6 Å². The van der Waals surface area contributed by atoms with Crippen molar-refractivity contribution in [2.24, 2.45) is 0 Å². The third kappa shape index (κ3) is 73.1. The minimum atomic E-state index is -0.767. The average molecular weight is 1180 g/mol. The van der Waals surface area contributed by atoms with E-state index in [1.54, 1.807) is 0 Å². The van der Waals surface area contributed by atoms with E-state index in [4.69, 9.17) is 9.47 Å². The first kappa shape index (κ1) is 82.6. The number of hydrogen-bond acceptors (Lipinski definition) is 5.